The van der Waals surface area contributed by atoms with Crippen LogP contribution in [-0.4, -0.2) is 29.2 Å². The summed E-state index contributed by atoms with van der Waals surface area (Å²) >= 11 is 6.16. The van der Waals surface area contributed by atoms with E-state index in [0.29, 0.717) is 34.7 Å². The van der Waals surface area contributed by atoms with Crippen LogP contribution in [0.2, 0.25) is 5.02 Å². The number of nitrogens with zero attached hydrogens (tertiary/aromatic N) is 1. The van der Waals surface area contributed by atoms with Crippen molar-refractivity contribution in [2.45, 2.75) is 46.5 Å². The zero-order valence-electron chi connectivity index (χ0n) is 16.0. The molecule has 5 nitrogen and oxygen atoms in total. The quantitative estimate of drug-likeness (QED) is 0.776. The Kier molecular flexibility index (Phi) is 5.17. The average molecular weight is 390 g/mol. The van der Waals surface area contributed by atoms with Gasteiger partial charge in [-0.25, -0.2) is 4.79 Å². The number of fused-ring (bicyclic) bond motifs is 1. The highest BCUT2D eigenvalue weighted by Crippen LogP contribution is 2.49. The lowest BCUT2D eigenvalue weighted by atomic mass is 9.63. The van der Waals surface area contributed by atoms with Crippen LogP contribution in [0.15, 0.2) is 34.5 Å². The van der Waals surface area contributed by atoms with Gasteiger partial charge in [0, 0.05) is 34.3 Å². The number of allylic oxidation sites excluding steroid dienone is 1. The van der Waals surface area contributed by atoms with Crippen LogP contribution in [0.1, 0.15) is 52.0 Å². The fourth-order valence-corrected chi connectivity index (χ4v) is 4.36. The Morgan fingerprint density at radius 1 is 1.33 bits per heavy atom. The minimum absolute atomic E-state index is 0.00196. The largest absolute Gasteiger partial charge is 0.508 e. The molecule has 2 atom stereocenters. The van der Waals surface area contributed by atoms with E-state index in [4.69, 9.17) is 16.3 Å². The van der Waals surface area contributed by atoms with Gasteiger partial charge in [-0.1, -0.05) is 25.4 Å². The molecule has 1 N–H and O–H groups in total. The van der Waals surface area contributed by atoms with Gasteiger partial charge in [0.1, 0.15) is 11.5 Å². The molecule has 0 amide bonds. The van der Waals surface area contributed by atoms with E-state index in [0.717, 1.165) is 5.71 Å². The maximum absolute atomic E-state index is 13.1. The van der Waals surface area contributed by atoms with Gasteiger partial charge in [0.15, 0.2) is 0 Å². The molecule has 0 saturated heterocycles. The smallest absolute Gasteiger partial charge is 0.336 e. The molecule has 0 spiro atoms. The number of aliphatic imine (C=N–C) groups is 1. The number of hydrogen-bond donors (Lipinski definition) is 1. The van der Waals surface area contributed by atoms with Crippen molar-refractivity contribution in [3.05, 3.63) is 40.1 Å². The van der Waals surface area contributed by atoms with E-state index in [9.17, 15) is 14.7 Å². The van der Waals surface area contributed by atoms with Crippen molar-refractivity contribution in [3.8, 4) is 5.75 Å². The van der Waals surface area contributed by atoms with Gasteiger partial charge in [-0.2, -0.15) is 0 Å². The zero-order chi connectivity index (χ0) is 19.9. The molecule has 0 radical (unpaired) electrons. The highest BCUT2D eigenvalue weighted by molar-refractivity contribution is 6.30. The predicted octanol–water partition coefficient (Wildman–Crippen LogP) is 4.43. The second-order valence-corrected chi connectivity index (χ2v) is 8.40. The summed E-state index contributed by atoms with van der Waals surface area (Å²) in [6.45, 7) is 7.76. The fourth-order valence-electron chi connectivity index (χ4n) is 4.18. The van der Waals surface area contributed by atoms with E-state index in [1.165, 1.54) is 6.07 Å². The summed E-state index contributed by atoms with van der Waals surface area (Å²) < 4.78 is 5.24. The lowest BCUT2D eigenvalue weighted by Gasteiger charge is -2.41. The molecule has 1 aliphatic heterocycles. The molecule has 1 saturated carbocycles. The van der Waals surface area contributed by atoms with Gasteiger partial charge in [-0.05, 0) is 43.9 Å². The average Bonchev–Trinajstić information content (AvgIpc) is 2.54. The monoisotopic (exact) mass is 389 g/mol. The van der Waals surface area contributed by atoms with Crippen molar-refractivity contribution in [3.63, 3.8) is 0 Å². The Balaban J connectivity index is 2.22. The molecular formula is C21H24ClNO4. The minimum atomic E-state index is -0.654. The van der Waals surface area contributed by atoms with Crippen LogP contribution in [0.4, 0.5) is 0 Å². The van der Waals surface area contributed by atoms with Crippen LogP contribution in [0.5, 0.6) is 5.75 Å². The summed E-state index contributed by atoms with van der Waals surface area (Å²) in [6.07, 6.45) is 1.05. The summed E-state index contributed by atoms with van der Waals surface area (Å²) in [5.74, 6) is -1.74. The van der Waals surface area contributed by atoms with E-state index in [-0.39, 0.29) is 23.6 Å². The lowest BCUT2D eigenvalue weighted by molar-refractivity contribution is -0.139. The number of aromatic hydroxyl groups is 1. The van der Waals surface area contributed by atoms with E-state index >= 15 is 0 Å². The normalized spacial score (nSPS) is 24.3. The molecule has 3 rings (SSSR count). The summed E-state index contributed by atoms with van der Waals surface area (Å²) in [5, 5.41) is 10.9. The van der Waals surface area contributed by atoms with E-state index < -0.39 is 17.8 Å². The van der Waals surface area contributed by atoms with Gasteiger partial charge in [0.2, 0.25) is 0 Å². The molecule has 1 fully saturated rings. The predicted molar refractivity (Wildman–Crippen MR) is 104 cm³/mol. The van der Waals surface area contributed by atoms with Crippen LogP contribution in [0.3, 0.4) is 0 Å². The van der Waals surface area contributed by atoms with Gasteiger partial charge in [-0.15, -0.1) is 0 Å². The van der Waals surface area contributed by atoms with Gasteiger partial charge in [-0.3, -0.25) is 9.79 Å². The molecule has 144 valence electrons. The number of benzene rings is 1. The first-order valence-corrected chi connectivity index (χ1v) is 9.49. The Morgan fingerprint density at radius 2 is 2.04 bits per heavy atom. The lowest BCUT2D eigenvalue weighted by Crippen LogP contribution is -2.44. The van der Waals surface area contributed by atoms with E-state index in [2.05, 4.69) is 4.99 Å². The Hall–Kier alpha value is -2.14. The molecule has 0 bridgehead atoms. The van der Waals surface area contributed by atoms with Gasteiger partial charge < -0.3 is 9.84 Å². The zero-order valence-corrected chi connectivity index (χ0v) is 16.8. The van der Waals surface area contributed by atoms with E-state index in [1.807, 2.05) is 13.8 Å². The topological polar surface area (TPSA) is 76.0 Å². The number of hydrogen-bond acceptors (Lipinski definition) is 5. The van der Waals surface area contributed by atoms with Crippen LogP contribution < -0.4 is 0 Å². The van der Waals surface area contributed by atoms with Crippen LogP contribution in [-0.2, 0) is 14.3 Å². The Morgan fingerprint density at radius 3 is 2.70 bits per heavy atom. The summed E-state index contributed by atoms with van der Waals surface area (Å²) in [4.78, 5) is 30.4. The van der Waals surface area contributed by atoms with Gasteiger partial charge in [0.25, 0.3) is 0 Å². The van der Waals surface area contributed by atoms with Gasteiger partial charge in [0.05, 0.1) is 18.1 Å². The van der Waals surface area contributed by atoms with Crippen LogP contribution >= 0.6 is 11.6 Å². The first-order chi connectivity index (χ1) is 12.6. The van der Waals surface area contributed by atoms with Crippen molar-refractivity contribution in [1.82, 2.24) is 0 Å². The molecule has 1 aromatic rings. The molecular weight excluding hydrogens is 366 g/mol. The number of halogens is 1. The number of carbonyl (C=O) groups is 2. The van der Waals surface area contributed by atoms with E-state index in [1.54, 1.807) is 26.0 Å². The fraction of sp³-hybridized carbons (Fsp3) is 0.476. The summed E-state index contributed by atoms with van der Waals surface area (Å²) in [6, 6.07) is 4.67. The highest BCUT2D eigenvalue weighted by atomic mass is 35.5. The Labute approximate surface area is 164 Å². The molecule has 1 aliphatic carbocycles. The molecule has 0 aromatic heterocycles. The van der Waals surface area contributed by atoms with Crippen LogP contribution in [0, 0.1) is 11.3 Å². The maximum Gasteiger partial charge on any atom is 0.336 e. The molecule has 27 heavy (non-hydrogen) atoms. The first-order valence-electron chi connectivity index (χ1n) is 9.11. The summed E-state index contributed by atoms with van der Waals surface area (Å²) in [7, 11) is 0. The molecule has 6 heteroatoms. The number of ether oxygens (including phenoxy) is 1. The van der Waals surface area contributed by atoms with Crippen molar-refractivity contribution in [2.75, 3.05) is 6.61 Å². The van der Waals surface area contributed by atoms with Crippen molar-refractivity contribution >= 4 is 29.1 Å². The number of rotatable bonds is 3. The second-order valence-electron chi connectivity index (χ2n) is 7.97. The summed E-state index contributed by atoms with van der Waals surface area (Å²) in [5.41, 5.74) is 1.86. The minimum Gasteiger partial charge on any atom is -0.508 e. The third-order valence-electron chi connectivity index (χ3n) is 5.18. The number of Topliss-reactive ketones (excluding diaryl/α,β-unsaturated/α-hetero) is 1. The number of ketones is 1. The molecule has 1 heterocycles. The van der Waals surface area contributed by atoms with Crippen molar-refractivity contribution in [2.24, 2.45) is 16.3 Å². The number of phenols is 1. The SMILES string of the molecule is CCOC(=O)C1=C(C)N=C2CC(C)(C)CC(=O)[C@H]2[C@H]1c1cc(Cl)ccc1O. The highest BCUT2D eigenvalue weighted by Gasteiger charge is 2.48. The molecule has 0 unspecified atom stereocenters. The standard InChI is InChI=1S/C21H24ClNO4/c1-5-27-20(26)17-11(2)23-14-9-21(3,4)10-16(25)19(14)18(17)13-8-12(22)6-7-15(13)24/h6-8,18-19,24H,5,9-10H2,1-4H3/t18-,19-/m0/s1. The molecule has 1 aromatic carbocycles. The van der Waals surface area contributed by atoms with Crippen molar-refractivity contribution in [1.29, 1.82) is 0 Å². The third kappa shape index (κ3) is 3.65. The molecule has 2 aliphatic rings. The van der Waals surface area contributed by atoms with Crippen LogP contribution in [0.25, 0.3) is 0 Å². The third-order valence-corrected chi connectivity index (χ3v) is 5.42. The Bertz CT molecular complexity index is 869. The number of phenolic OH excluding ortho intramolecular Hbond substituents is 1. The first kappa shape index (κ1) is 19.6. The number of esters is 1. The van der Waals surface area contributed by atoms with Crippen molar-refractivity contribution < 1.29 is 19.4 Å². The van der Waals surface area contributed by atoms with Gasteiger partial charge >= 0.3 is 5.97 Å². The maximum atomic E-state index is 13.1. The number of carbonyl (C=O) groups excluding carboxylic acids is 2. The second kappa shape index (κ2) is 7.12.